The maximum Gasteiger partial charge on any atom is 0.146 e. The number of benzene rings is 1. The predicted octanol–water partition coefficient (Wildman–Crippen LogP) is 3.96. The molecule has 4 heteroatoms. The summed E-state index contributed by atoms with van der Waals surface area (Å²) < 4.78 is 23.7. The lowest BCUT2D eigenvalue weighted by atomic mass is 10.3. The van der Waals surface area contributed by atoms with Gasteiger partial charge in [0, 0.05) is 6.07 Å². The highest BCUT2D eigenvalue weighted by Crippen LogP contribution is 2.21. The molecule has 2 nitrogen and oxygen atoms in total. The van der Waals surface area contributed by atoms with Crippen molar-refractivity contribution in [3.05, 3.63) is 52.7 Å². The topological polar surface area (TPSA) is 22.4 Å². The van der Waals surface area contributed by atoms with Crippen LogP contribution in [0.15, 0.2) is 34.7 Å². The molecule has 0 aliphatic rings. The summed E-state index contributed by atoms with van der Waals surface area (Å²) in [6.07, 6.45) is 0. The number of furan rings is 1. The second-order valence-corrected chi connectivity index (χ2v) is 3.78. The van der Waals surface area contributed by atoms with Gasteiger partial charge < -0.3 is 9.15 Å². The quantitative estimate of drug-likeness (QED) is 0.810. The summed E-state index contributed by atoms with van der Waals surface area (Å²) in [5.74, 6) is 1.46. The molecule has 0 saturated carbocycles. The molecule has 0 aliphatic heterocycles. The molecular formula is C12H10ClFO2. The average molecular weight is 241 g/mol. The number of hydrogen-bond donors (Lipinski definition) is 0. The number of aryl methyl sites for hydroxylation is 1. The first kappa shape index (κ1) is 11.0. The van der Waals surface area contributed by atoms with Gasteiger partial charge in [0.25, 0.3) is 0 Å². The van der Waals surface area contributed by atoms with E-state index < -0.39 is 5.82 Å². The lowest BCUT2D eigenvalue weighted by Gasteiger charge is -2.04. The van der Waals surface area contributed by atoms with Crippen molar-refractivity contribution in [2.24, 2.45) is 0 Å². The van der Waals surface area contributed by atoms with Crippen LogP contribution in [0.1, 0.15) is 11.5 Å². The van der Waals surface area contributed by atoms with Gasteiger partial charge in [-0.1, -0.05) is 11.6 Å². The minimum Gasteiger partial charge on any atom is -0.486 e. The molecule has 1 aromatic heterocycles. The van der Waals surface area contributed by atoms with Crippen LogP contribution in [0.2, 0.25) is 5.02 Å². The zero-order chi connectivity index (χ0) is 11.5. The maximum absolute atomic E-state index is 13.1. The van der Waals surface area contributed by atoms with Gasteiger partial charge in [0.1, 0.15) is 29.7 Å². The van der Waals surface area contributed by atoms with E-state index in [1.807, 2.05) is 19.1 Å². The molecule has 0 spiro atoms. The summed E-state index contributed by atoms with van der Waals surface area (Å²) in [5, 5.41) is 0.0844. The Labute approximate surface area is 97.6 Å². The van der Waals surface area contributed by atoms with Gasteiger partial charge in [-0.05, 0) is 31.2 Å². The number of rotatable bonds is 3. The van der Waals surface area contributed by atoms with Gasteiger partial charge in [-0.2, -0.15) is 0 Å². The van der Waals surface area contributed by atoms with Gasteiger partial charge in [-0.25, -0.2) is 4.39 Å². The van der Waals surface area contributed by atoms with E-state index in [1.165, 1.54) is 12.1 Å². The third-order valence-electron chi connectivity index (χ3n) is 2.07. The molecule has 1 heterocycles. The molecule has 0 N–H and O–H groups in total. The Balaban J connectivity index is 2.02. The minimum absolute atomic E-state index is 0.0844. The summed E-state index contributed by atoms with van der Waals surface area (Å²) in [6.45, 7) is 2.13. The summed E-state index contributed by atoms with van der Waals surface area (Å²) in [6, 6.07) is 7.99. The van der Waals surface area contributed by atoms with Crippen LogP contribution in [0, 0.1) is 12.7 Å². The molecule has 0 amide bonds. The van der Waals surface area contributed by atoms with Crippen LogP contribution in [0.4, 0.5) is 4.39 Å². The number of hydrogen-bond acceptors (Lipinski definition) is 2. The summed E-state index contributed by atoms with van der Waals surface area (Å²) in [4.78, 5) is 0. The largest absolute Gasteiger partial charge is 0.486 e. The molecule has 2 aromatic rings. The Morgan fingerprint density at radius 1 is 1.31 bits per heavy atom. The summed E-state index contributed by atoms with van der Waals surface area (Å²) in [7, 11) is 0. The van der Waals surface area contributed by atoms with Crippen LogP contribution in [0.25, 0.3) is 0 Å². The maximum atomic E-state index is 13.1. The Morgan fingerprint density at radius 3 is 2.75 bits per heavy atom. The second kappa shape index (κ2) is 4.58. The van der Waals surface area contributed by atoms with Crippen molar-refractivity contribution in [1.29, 1.82) is 0 Å². The molecule has 0 radical (unpaired) electrons. The van der Waals surface area contributed by atoms with Crippen molar-refractivity contribution in [3.63, 3.8) is 0 Å². The van der Waals surface area contributed by atoms with E-state index in [2.05, 4.69) is 0 Å². The average Bonchev–Trinajstić information content (AvgIpc) is 2.66. The summed E-state index contributed by atoms with van der Waals surface area (Å²) >= 11 is 5.55. The van der Waals surface area contributed by atoms with Crippen molar-refractivity contribution in [1.82, 2.24) is 0 Å². The van der Waals surface area contributed by atoms with Crippen molar-refractivity contribution in [2.45, 2.75) is 13.5 Å². The molecule has 2 rings (SSSR count). The van der Waals surface area contributed by atoms with Crippen molar-refractivity contribution >= 4 is 11.6 Å². The fourth-order valence-corrected chi connectivity index (χ4v) is 1.40. The van der Waals surface area contributed by atoms with Crippen LogP contribution < -0.4 is 4.74 Å². The van der Waals surface area contributed by atoms with Gasteiger partial charge in [0.2, 0.25) is 0 Å². The van der Waals surface area contributed by atoms with Crippen LogP contribution in [0.3, 0.4) is 0 Å². The first-order valence-corrected chi connectivity index (χ1v) is 5.16. The van der Waals surface area contributed by atoms with Gasteiger partial charge in [-0.15, -0.1) is 0 Å². The van der Waals surface area contributed by atoms with Gasteiger partial charge in [0.05, 0.1) is 5.02 Å². The van der Waals surface area contributed by atoms with Crippen LogP contribution >= 0.6 is 11.6 Å². The molecule has 0 aliphatic carbocycles. The minimum atomic E-state index is -0.491. The normalized spacial score (nSPS) is 10.4. The first-order chi connectivity index (χ1) is 7.65. The van der Waals surface area contributed by atoms with Crippen LogP contribution in [0.5, 0.6) is 5.75 Å². The standard InChI is InChI=1S/C12H10ClFO2/c1-8-2-3-10(16-8)7-15-9-4-5-11(13)12(14)6-9/h2-6H,7H2,1H3. The smallest absolute Gasteiger partial charge is 0.146 e. The predicted molar refractivity (Wildman–Crippen MR) is 59.2 cm³/mol. The van der Waals surface area contributed by atoms with Crippen molar-refractivity contribution in [3.8, 4) is 5.75 Å². The van der Waals surface area contributed by atoms with E-state index in [-0.39, 0.29) is 11.6 Å². The van der Waals surface area contributed by atoms with E-state index >= 15 is 0 Å². The lowest BCUT2D eigenvalue weighted by Crippen LogP contribution is -1.94. The Morgan fingerprint density at radius 2 is 2.12 bits per heavy atom. The van der Waals surface area contributed by atoms with Crippen molar-refractivity contribution < 1.29 is 13.5 Å². The molecule has 1 aromatic carbocycles. The highest BCUT2D eigenvalue weighted by Gasteiger charge is 2.03. The van der Waals surface area contributed by atoms with Crippen molar-refractivity contribution in [2.75, 3.05) is 0 Å². The molecule has 16 heavy (non-hydrogen) atoms. The fraction of sp³-hybridized carbons (Fsp3) is 0.167. The highest BCUT2D eigenvalue weighted by atomic mass is 35.5. The Kier molecular flexibility index (Phi) is 3.15. The molecule has 0 fully saturated rings. The Hall–Kier alpha value is -1.48. The molecule has 84 valence electrons. The fourth-order valence-electron chi connectivity index (χ4n) is 1.28. The van der Waals surface area contributed by atoms with Crippen LogP contribution in [-0.2, 0) is 6.61 Å². The Bertz CT molecular complexity index is 494. The zero-order valence-corrected chi connectivity index (χ0v) is 9.42. The van der Waals surface area contributed by atoms with E-state index in [0.29, 0.717) is 11.5 Å². The SMILES string of the molecule is Cc1ccc(COc2ccc(Cl)c(F)c2)o1. The zero-order valence-electron chi connectivity index (χ0n) is 8.67. The molecule has 0 atom stereocenters. The molecular weight excluding hydrogens is 231 g/mol. The van der Waals surface area contributed by atoms with E-state index in [4.69, 9.17) is 20.8 Å². The van der Waals surface area contributed by atoms with Gasteiger partial charge >= 0.3 is 0 Å². The summed E-state index contributed by atoms with van der Waals surface area (Å²) in [5.41, 5.74) is 0. The first-order valence-electron chi connectivity index (χ1n) is 4.78. The molecule has 0 saturated heterocycles. The van der Waals surface area contributed by atoms with Gasteiger partial charge in [-0.3, -0.25) is 0 Å². The number of halogens is 2. The third kappa shape index (κ3) is 2.55. The molecule has 0 bridgehead atoms. The lowest BCUT2D eigenvalue weighted by molar-refractivity contribution is 0.266. The van der Waals surface area contributed by atoms with E-state index in [0.717, 1.165) is 5.76 Å². The molecule has 0 unspecified atom stereocenters. The van der Waals surface area contributed by atoms with E-state index in [9.17, 15) is 4.39 Å². The van der Waals surface area contributed by atoms with Gasteiger partial charge in [0.15, 0.2) is 0 Å². The monoisotopic (exact) mass is 240 g/mol. The second-order valence-electron chi connectivity index (χ2n) is 3.38. The highest BCUT2D eigenvalue weighted by molar-refractivity contribution is 6.30. The third-order valence-corrected chi connectivity index (χ3v) is 2.37. The van der Waals surface area contributed by atoms with Crippen LogP contribution in [-0.4, -0.2) is 0 Å². The number of ether oxygens (including phenoxy) is 1. The van der Waals surface area contributed by atoms with E-state index in [1.54, 1.807) is 6.07 Å².